The average Bonchev–Trinajstić information content (AvgIpc) is 2.64. The first-order chi connectivity index (χ1) is 10.9. The summed E-state index contributed by atoms with van der Waals surface area (Å²) in [6, 6.07) is 0. The van der Waals surface area contributed by atoms with Gasteiger partial charge in [0.15, 0.2) is 5.96 Å². The van der Waals surface area contributed by atoms with E-state index in [9.17, 15) is 8.42 Å². The molecule has 3 N–H and O–H groups in total. The molecule has 0 spiro atoms. The molecule has 0 radical (unpaired) electrons. The van der Waals surface area contributed by atoms with Gasteiger partial charge in [0, 0.05) is 36.9 Å². The van der Waals surface area contributed by atoms with Gasteiger partial charge < -0.3 is 10.6 Å². The molecule has 1 aromatic heterocycles. The van der Waals surface area contributed by atoms with Crippen molar-refractivity contribution in [2.45, 2.75) is 46.7 Å². The van der Waals surface area contributed by atoms with Gasteiger partial charge in [-0.1, -0.05) is 0 Å². The fraction of sp³-hybridized carbons (Fsp3) is 0.733. The second-order valence-electron chi connectivity index (χ2n) is 6.58. The van der Waals surface area contributed by atoms with Crippen LogP contribution < -0.4 is 15.4 Å². The molecule has 0 aliphatic carbocycles. The van der Waals surface area contributed by atoms with Gasteiger partial charge in [0.2, 0.25) is 10.0 Å². The highest BCUT2D eigenvalue weighted by atomic mass is 127. The van der Waals surface area contributed by atoms with Crippen molar-refractivity contribution >= 4 is 40.0 Å². The summed E-state index contributed by atoms with van der Waals surface area (Å²) in [5.41, 5.74) is 2.53. The lowest BCUT2D eigenvalue weighted by molar-refractivity contribution is 0.446. The van der Waals surface area contributed by atoms with Crippen LogP contribution in [-0.4, -0.2) is 49.0 Å². The maximum Gasteiger partial charge on any atom is 0.209 e. The molecule has 0 unspecified atom stereocenters. The minimum absolute atomic E-state index is 0. The minimum atomic E-state index is -3.27. The van der Waals surface area contributed by atoms with Crippen LogP contribution in [0.4, 0.5) is 0 Å². The number of sulfonamides is 1. The molecule has 0 aromatic carbocycles. The van der Waals surface area contributed by atoms with Crippen LogP contribution in [0.15, 0.2) is 4.99 Å². The number of guanidine groups is 1. The van der Waals surface area contributed by atoms with Gasteiger partial charge in [0.1, 0.15) is 0 Å². The lowest BCUT2D eigenvalue weighted by Gasteiger charge is -2.26. The minimum Gasteiger partial charge on any atom is -0.357 e. The highest BCUT2D eigenvalue weighted by molar-refractivity contribution is 14.0. The van der Waals surface area contributed by atoms with Gasteiger partial charge in [-0.15, -0.1) is 24.0 Å². The maximum atomic E-state index is 11.4. The Hall–Kier alpha value is -0.880. The lowest BCUT2D eigenvalue weighted by atomic mass is 10.1. The van der Waals surface area contributed by atoms with Crippen LogP contribution in [0, 0.1) is 13.8 Å². The number of aliphatic imine (C=N–C) groups is 1. The third kappa shape index (κ3) is 8.36. The number of aryl methyl sites for hydroxylation is 2. The van der Waals surface area contributed by atoms with Crippen LogP contribution in [-0.2, 0) is 23.6 Å². The van der Waals surface area contributed by atoms with Gasteiger partial charge in [-0.3, -0.25) is 4.68 Å². The Morgan fingerprint density at radius 1 is 1.28 bits per heavy atom. The molecule has 0 saturated carbocycles. The number of nitrogens with one attached hydrogen (secondary N) is 3. The molecule has 0 atom stereocenters. The summed E-state index contributed by atoms with van der Waals surface area (Å²) >= 11 is 0. The predicted molar refractivity (Wildman–Crippen MR) is 113 cm³/mol. The first kappa shape index (κ1) is 24.1. The van der Waals surface area contributed by atoms with Crippen molar-refractivity contribution < 1.29 is 8.42 Å². The highest BCUT2D eigenvalue weighted by Gasteiger charge is 2.22. The molecule has 0 saturated heterocycles. The van der Waals surface area contributed by atoms with E-state index in [1.807, 2.05) is 46.3 Å². The van der Waals surface area contributed by atoms with Crippen molar-refractivity contribution in [3.05, 3.63) is 17.0 Å². The van der Waals surface area contributed by atoms with Crippen molar-refractivity contribution in [3.8, 4) is 0 Å². The quantitative estimate of drug-likeness (QED) is 0.304. The fourth-order valence-corrected chi connectivity index (χ4v) is 3.46. The Balaban J connectivity index is 0.00000576. The van der Waals surface area contributed by atoms with Gasteiger partial charge in [-0.2, -0.15) is 5.10 Å². The van der Waals surface area contributed by atoms with E-state index in [0.29, 0.717) is 19.0 Å². The molecule has 0 bridgehead atoms. The molecule has 146 valence electrons. The van der Waals surface area contributed by atoms with Crippen molar-refractivity contribution in [2.75, 3.05) is 19.3 Å². The second kappa shape index (κ2) is 9.72. The number of halogens is 1. The third-order valence-electron chi connectivity index (χ3n) is 3.56. The summed E-state index contributed by atoms with van der Waals surface area (Å²) < 4.78 is 27.3. The number of hydrogen-bond donors (Lipinski definition) is 3. The molecule has 1 aromatic rings. The van der Waals surface area contributed by atoms with Crippen LogP contribution in [0.1, 0.15) is 37.7 Å². The molecule has 25 heavy (non-hydrogen) atoms. The van der Waals surface area contributed by atoms with E-state index in [1.54, 1.807) is 0 Å². The Morgan fingerprint density at radius 3 is 2.32 bits per heavy atom. The van der Waals surface area contributed by atoms with E-state index in [4.69, 9.17) is 0 Å². The van der Waals surface area contributed by atoms with Crippen LogP contribution in [0.5, 0.6) is 0 Å². The fourth-order valence-electron chi connectivity index (χ4n) is 2.39. The monoisotopic (exact) mass is 486 g/mol. The Labute approximate surface area is 168 Å². The van der Waals surface area contributed by atoms with E-state index in [-0.39, 0.29) is 24.0 Å². The number of rotatable bonds is 7. The Kier molecular flexibility index (Phi) is 9.38. The van der Waals surface area contributed by atoms with Crippen LogP contribution in [0.2, 0.25) is 0 Å². The summed E-state index contributed by atoms with van der Waals surface area (Å²) in [4.78, 5) is 4.58. The summed E-state index contributed by atoms with van der Waals surface area (Å²) in [5, 5.41) is 10.7. The zero-order valence-corrected chi connectivity index (χ0v) is 19.2. The first-order valence-corrected chi connectivity index (χ1v) is 9.84. The Morgan fingerprint density at radius 2 is 1.88 bits per heavy atom. The van der Waals surface area contributed by atoms with E-state index in [0.717, 1.165) is 29.8 Å². The van der Waals surface area contributed by atoms with Crippen LogP contribution in [0.25, 0.3) is 0 Å². The molecular formula is C15H31IN6O2S. The summed E-state index contributed by atoms with van der Waals surface area (Å²) in [7, 11) is -1.35. The van der Waals surface area contributed by atoms with E-state index >= 15 is 0 Å². The van der Waals surface area contributed by atoms with Gasteiger partial charge >= 0.3 is 0 Å². The molecular weight excluding hydrogens is 455 g/mol. The zero-order chi connectivity index (χ0) is 18.5. The van der Waals surface area contributed by atoms with E-state index < -0.39 is 15.6 Å². The van der Waals surface area contributed by atoms with Gasteiger partial charge in [-0.05, 0) is 34.6 Å². The molecule has 0 aliphatic heterocycles. The first-order valence-electron chi connectivity index (χ1n) is 7.95. The zero-order valence-electron chi connectivity index (χ0n) is 16.1. The van der Waals surface area contributed by atoms with Gasteiger partial charge in [0.05, 0.1) is 18.5 Å². The number of aromatic nitrogens is 2. The third-order valence-corrected chi connectivity index (χ3v) is 4.48. The largest absolute Gasteiger partial charge is 0.357 e. The summed E-state index contributed by atoms with van der Waals surface area (Å²) in [5.74, 6) is 0.642. The van der Waals surface area contributed by atoms with Crippen LogP contribution in [0.3, 0.4) is 0 Å². The van der Waals surface area contributed by atoms with Crippen LogP contribution >= 0.6 is 24.0 Å². The predicted octanol–water partition coefficient (Wildman–Crippen LogP) is 1.04. The summed E-state index contributed by atoms with van der Waals surface area (Å²) in [6.07, 6.45) is 1.15. The Bertz CT molecular complexity index is 697. The van der Waals surface area contributed by atoms with Gasteiger partial charge in [-0.25, -0.2) is 18.1 Å². The van der Waals surface area contributed by atoms with Crippen molar-refractivity contribution in [3.63, 3.8) is 0 Å². The molecule has 0 amide bonds. The molecule has 1 heterocycles. The molecule has 0 aliphatic rings. The van der Waals surface area contributed by atoms with Crippen molar-refractivity contribution in [2.24, 2.45) is 12.0 Å². The molecule has 8 nitrogen and oxygen atoms in total. The van der Waals surface area contributed by atoms with Crippen molar-refractivity contribution in [1.29, 1.82) is 0 Å². The smallest absolute Gasteiger partial charge is 0.209 e. The van der Waals surface area contributed by atoms with Crippen molar-refractivity contribution in [1.82, 2.24) is 25.1 Å². The average molecular weight is 486 g/mol. The lowest BCUT2D eigenvalue weighted by Crippen LogP contribution is -2.53. The normalized spacial score (nSPS) is 12.7. The topological polar surface area (TPSA) is 100 Å². The molecule has 1 rings (SSSR count). The second-order valence-corrected chi connectivity index (χ2v) is 8.33. The maximum absolute atomic E-state index is 11.4. The van der Waals surface area contributed by atoms with E-state index in [2.05, 4.69) is 25.4 Å². The van der Waals surface area contributed by atoms with Gasteiger partial charge in [0.25, 0.3) is 0 Å². The highest BCUT2D eigenvalue weighted by Crippen LogP contribution is 2.12. The summed E-state index contributed by atoms with van der Waals surface area (Å²) in [6.45, 7) is 11.3. The number of nitrogens with zero attached hydrogens (tertiary/aromatic N) is 3. The molecule has 10 heteroatoms. The SMILES string of the molecule is CCNC(=NCc1c(C)nn(C)c1C)NCC(C)(C)NS(C)(=O)=O.I. The van der Waals surface area contributed by atoms with E-state index in [1.165, 1.54) is 0 Å². The number of hydrogen-bond acceptors (Lipinski definition) is 4. The molecule has 0 fully saturated rings. The standard InChI is InChI=1S/C15H30N6O2S.HI/c1-8-16-14(18-10-15(4,5)20-24(7,22)23)17-9-13-11(2)19-21(6)12(13)3;/h20H,8-10H2,1-7H3,(H2,16,17,18);1H.